The fraction of sp³-hybridized carbons (Fsp3) is 0.130. The molecule has 0 spiro atoms. The van der Waals surface area contributed by atoms with Crippen molar-refractivity contribution in [2.75, 3.05) is 0 Å². The molecule has 11 heteroatoms. The highest BCUT2D eigenvalue weighted by Gasteiger charge is 2.13. The van der Waals surface area contributed by atoms with E-state index in [2.05, 4.69) is 16.0 Å². The lowest BCUT2D eigenvalue weighted by Crippen LogP contribution is -2.42. The zero-order chi connectivity index (χ0) is 23.9. The van der Waals surface area contributed by atoms with E-state index in [9.17, 15) is 14.4 Å². The average molecular weight is 499 g/mol. The van der Waals surface area contributed by atoms with Gasteiger partial charge in [-0.05, 0) is 53.4 Å². The summed E-state index contributed by atoms with van der Waals surface area (Å²) in [5, 5.41) is 6.55. The minimum atomic E-state index is -0.652. The summed E-state index contributed by atoms with van der Waals surface area (Å²) in [6, 6.07) is 17.4. The number of aromatic nitrogens is 2. The molecule has 2 aromatic heterocycles. The van der Waals surface area contributed by atoms with Crippen molar-refractivity contribution in [3.8, 4) is 16.5 Å². The number of hydrogen-bond donors (Lipinski definition) is 2. The van der Waals surface area contributed by atoms with E-state index in [1.165, 1.54) is 11.3 Å². The molecule has 0 aliphatic heterocycles. The fourth-order valence-electron chi connectivity index (χ4n) is 2.87. The smallest absolute Gasteiger partial charge is 0.437 e. The van der Waals surface area contributed by atoms with Gasteiger partial charge in [0, 0.05) is 17.0 Å². The molecule has 34 heavy (non-hydrogen) atoms. The summed E-state index contributed by atoms with van der Waals surface area (Å²) in [5.41, 5.74) is 5.91. The fourth-order valence-corrected chi connectivity index (χ4v) is 3.64. The lowest BCUT2D eigenvalue weighted by atomic mass is 10.1. The Balaban J connectivity index is 1.22. The third kappa shape index (κ3) is 6.12. The number of amides is 2. The van der Waals surface area contributed by atoms with E-state index in [0.717, 1.165) is 15.1 Å². The maximum atomic E-state index is 12.3. The maximum absolute atomic E-state index is 12.3. The van der Waals surface area contributed by atoms with Crippen molar-refractivity contribution in [1.29, 1.82) is 0 Å². The second-order valence-electron chi connectivity index (χ2n) is 7.07. The zero-order valence-corrected chi connectivity index (χ0v) is 19.3. The van der Waals surface area contributed by atoms with Crippen molar-refractivity contribution >= 4 is 34.8 Å². The molecular formula is C23H19ClN4O5S. The van der Waals surface area contributed by atoms with Gasteiger partial charge in [-0.3, -0.25) is 20.4 Å². The van der Waals surface area contributed by atoms with Crippen LogP contribution in [0.4, 0.5) is 0 Å². The van der Waals surface area contributed by atoms with Crippen molar-refractivity contribution in [3.05, 3.63) is 92.7 Å². The quantitative estimate of drug-likeness (QED) is 0.358. The Bertz CT molecular complexity index is 1310. The molecule has 0 atom stereocenters. The van der Waals surface area contributed by atoms with Crippen LogP contribution in [0, 0.1) is 0 Å². The Morgan fingerprint density at radius 2 is 1.82 bits per heavy atom. The first kappa shape index (κ1) is 23.3. The molecule has 0 saturated carbocycles. The van der Waals surface area contributed by atoms with E-state index in [4.69, 9.17) is 20.8 Å². The highest BCUT2D eigenvalue weighted by Crippen LogP contribution is 2.21. The number of hydrazine groups is 1. The molecule has 0 aliphatic carbocycles. The minimum Gasteiger partial charge on any atom is -0.489 e. The summed E-state index contributed by atoms with van der Waals surface area (Å²) < 4.78 is 11.8. The standard InChI is InChI=1S/C23H19ClN4O5S/c24-17-7-9-18(10-8-17)32-14-15-3-5-16(6-4-15)21(30)26-25-20(29)11-12-28-23(31)33-22(27-28)19-2-1-13-34-19/h1-10,13H,11-12,14H2,(H,25,29)(H,26,30). The van der Waals surface area contributed by atoms with Crippen molar-refractivity contribution in [3.63, 3.8) is 0 Å². The van der Waals surface area contributed by atoms with Crippen molar-refractivity contribution in [2.24, 2.45) is 0 Å². The predicted octanol–water partition coefficient (Wildman–Crippen LogP) is 3.65. The number of nitrogens with zero attached hydrogens (tertiary/aromatic N) is 2. The van der Waals surface area contributed by atoms with Gasteiger partial charge >= 0.3 is 5.76 Å². The molecule has 0 fully saturated rings. The number of halogens is 1. The number of hydrogen-bond acceptors (Lipinski definition) is 7. The number of aryl methyl sites for hydroxylation is 1. The topological polar surface area (TPSA) is 115 Å². The van der Waals surface area contributed by atoms with Crippen molar-refractivity contribution in [2.45, 2.75) is 19.6 Å². The summed E-state index contributed by atoms with van der Waals surface area (Å²) in [4.78, 5) is 37.0. The van der Waals surface area contributed by atoms with E-state index in [0.29, 0.717) is 22.9 Å². The van der Waals surface area contributed by atoms with Crippen LogP contribution in [0.25, 0.3) is 10.8 Å². The normalized spacial score (nSPS) is 10.6. The number of nitrogens with one attached hydrogen (secondary N) is 2. The van der Waals surface area contributed by atoms with Crippen LogP contribution in [0.3, 0.4) is 0 Å². The highest BCUT2D eigenvalue weighted by atomic mass is 35.5. The van der Waals surface area contributed by atoms with Crippen molar-refractivity contribution < 1.29 is 18.7 Å². The van der Waals surface area contributed by atoms with Crippen molar-refractivity contribution in [1.82, 2.24) is 20.6 Å². The maximum Gasteiger partial charge on any atom is 0.437 e. The zero-order valence-electron chi connectivity index (χ0n) is 17.7. The highest BCUT2D eigenvalue weighted by molar-refractivity contribution is 7.13. The van der Waals surface area contributed by atoms with Crippen LogP contribution in [0.2, 0.25) is 5.02 Å². The van der Waals surface area contributed by atoms with Gasteiger partial charge in [-0.2, -0.15) is 4.68 Å². The van der Waals surface area contributed by atoms with Gasteiger partial charge in [0.05, 0.1) is 11.4 Å². The predicted molar refractivity (Wildman–Crippen MR) is 127 cm³/mol. The molecule has 174 valence electrons. The second kappa shape index (κ2) is 10.8. The van der Waals surface area contributed by atoms with Crippen LogP contribution >= 0.6 is 22.9 Å². The van der Waals surface area contributed by atoms with Crippen LogP contribution in [-0.4, -0.2) is 21.6 Å². The number of carbonyl (C=O) groups is 2. The molecule has 2 amide bonds. The largest absolute Gasteiger partial charge is 0.489 e. The van der Waals surface area contributed by atoms with E-state index >= 15 is 0 Å². The van der Waals surface area contributed by atoms with E-state index < -0.39 is 17.6 Å². The average Bonchev–Trinajstić information content (AvgIpc) is 3.51. The molecule has 0 bridgehead atoms. The van der Waals surface area contributed by atoms with E-state index in [-0.39, 0.29) is 18.9 Å². The SMILES string of the molecule is O=C(CCn1nc(-c2cccs2)oc1=O)NNC(=O)c1ccc(COc2ccc(Cl)cc2)cc1. The first-order chi connectivity index (χ1) is 16.5. The van der Waals surface area contributed by atoms with Crippen LogP contribution in [0.15, 0.2) is 75.3 Å². The van der Waals surface area contributed by atoms with Gasteiger partial charge in [-0.1, -0.05) is 29.8 Å². The molecule has 2 heterocycles. The Morgan fingerprint density at radius 1 is 1.06 bits per heavy atom. The summed E-state index contributed by atoms with van der Waals surface area (Å²) in [5.74, 6) is -0.716. The molecule has 4 rings (SSSR count). The summed E-state index contributed by atoms with van der Waals surface area (Å²) in [6.45, 7) is 0.341. The minimum absolute atomic E-state index is 0.0116. The number of benzene rings is 2. The molecule has 9 nitrogen and oxygen atoms in total. The Kier molecular flexibility index (Phi) is 7.41. The van der Waals surface area contributed by atoms with Gasteiger partial charge in [-0.25, -0.2) is 4.79 Å². The molecule has 2 aromatic carbocycles. The van der Waals surface area contributed by atoms with Gasteiger partial charge in [0.2, 0.25) is 5.91 Å². The third-order valence-corrected chi connectivity index (χ3v) is 5.75. The van der Waals surface area contributed by atoms with E-state index in [1.54, 1.807) is 54.6 Å². The molecule has 0 aliphatic rings. The van der Waals surface area contributed by atoms with Crippen LogP contribution in [-0.2, 0) is 17.9 Å². The van der Waals surface area contributed by atoms with E-state index in [1.807, 2.05) is 11.4 Å². The molecule has 0 saturated heterocycles. The number of thiophene rings is 1. The third-order valence-electron chi connectivity index (χ3n) is 4.64. The Hall–Kier alpha value is -3.89. The molecule has 4 aromatic rings. The molecular weight excluding hydrogens is 480 g/mol. The monoisotopic (exact) mass is 498 g/mol. The summed E-state index contributed by atoms with van der Waals surface area (Å²) in [6.07, 6.45) is -0.0718. The molecule has 0 unspecified atom stereocenters. The number of ether oxygens (including phenoxy) is 1. The number of carbonyl (C=O) groups excluding carboxylic acids is 2. The van der Waals surface area contributed by atoms with Crippen LogP contribution in [0.5, 0.6) is 5.75 Å². The lowest BCUT2D eigenvalue weighted by Gasteiger charge is -2.09. The summed E-state index contributed by atoms with van der Waals surface area (Å²) >= 11 is 7.24. The number of rotatable bonds is 8. The van der Waals surface area contributed by atoms with Gasteiger partial charge in [0.1, 0.15) is 12.4 Å². The van der Waals surface area contributed by atoms with Gasteiger partial charge in [0.15, 0.2) is 0 Å². The first-order valence-electron chi connectivity index (χ1n) is 10.2. The van der Waals surface area contributed by atoms with Crippen LogP contribution in [0.1, 0.15) is 22.3 Å². The van der Waals surface area contributed by atoms with Crippen LogP contribution < -0.4 is 21.3 Å². The van der Waals surface area contributed by atoms with Gasteiger partial charge < -0.3 is 9.15 Å². The molecule has 2 N–H and O–H groups in total. The van der Waals surface area contributed by atoms with Gasteiger partial charge in [-0.15, -0.1) is 16.4 Å². The first-order valence-corrected chi connectivity index (χ1v) is 11.4. The lowest BCUT2D eigenvalue weighted by molar-refractivity contribution is -0.122. The second-order valence-corrected chi connectivity index (χ2v) is 8.45. The summed E-state index contributed by atoms with van der Waals surface area (Å²) in [7, 11) is 0. The van der Waals surface area contributed by atoms with Gasteiger partial charge in [0.25, 0.3) is 11.8 Å². The Morgan fingerprint density at radius 3 is 2.53 bits per heavy atom. The Labute approximate surface area is 202 Å². The molecule has 0 radical (unpaired) electrons.